The molecule has 84 valence electrons. The fourth-order valence-corrected chi connectivity index (χ4v) is 1.65. The molecule has 0 fully saturated rings. The van der Waals surface area contributed by atoms with Crippen LogP contribution in [0.2, 0.25) is 0 Å². The highest BCUT2D eigenvalue weighted by Crippen LogP contribution is 2.23. The molecule has 0 heterocycles. The summed E-state index contributed by atoms with van der Waals surface area (Å²) in [5, 5.41) is 0. The molecule has 0 aromatic heterocycles. The van der Waals surface area contributed by atoms with Crippen molar-refractivity contribution in [1.29, 1.82) is 0 Å². The van der Waals surface area contributed by atoms with E-state index < -0.39 is 0 Å². The third-order valence-corrected chi connectivity index (χ3v) is 3.63. The molecule has 0 amide bonds. The molecule has 3 nitrogen and oxygen atoms in total. The van der Waals surface area contributed by atoms with Gasteiger partial charge in [0, 0.05) is 22.6 Å². The van der Waals surface area contributed by atoms with Crippen molar-refractivity contribution in [3.63, 3.8) is 0 Å². The number of halogens is 2. The lowest BCUT2D eigenvalue weighted by Gasteiger charge is -2.06. The summed E-state index contributed by atoms with van der Waals surface area (Å²) in [5.41, 5.74) is 4.02. The molecule has 15 heavy (non-hydrogen) atoms. The van der Waals surface area contributed by atoms with Gasteiger partial charge in [0.2, 0.25) is 0 Å². The van der Waals surface area contributed by atoms with Crippen LogP contribution in [0.3, 0.4) is 0 Å². The van der Waals surface area contributed by atoms with Gasteiger partial charge in [0.05, 0.1) is 13.2 Å². The maximum Gasteiger partial charge on any atom is 0.0916 e. The summed E-state index contributed by atoms with van der Waals surface area (Å²) >= 11 is 6.86. The van der Waals surface area contributed by atoms with Crippen molar-refractivity contribution in [3.05, 3.63) is 32.7 Å². The molecule has 0 radical (unpaired) electrons. The molecule has 0 saturated carbocycles. The van der Waals surface area contributed by atoms with E-state index >= 15 is 0 Å². The lowest BCUT2D eigenvalue weighted by molar-refractivity contribution is 0.00346. The number of hydroxylamine groups is 1. The van der Waals surface area contributed by atoms with Gasteiger partial charge in [-0.3, -0.25) is 4.84 Å². The minimum absolute atomic E-state index is 0.550. The van der Waals surface area contributed by atoms with Crippen molar-refractivity contribution < 1.29 is 9.57 Å². The first kappa shape index (κ1) is 13.1. The van der Waals surface area contributed by atoms with Crippen LogP contribution in [0.4, 0.5) is 0 Å². The van der Waals surface area contributed by atoms with Gasteiger partial charge in [-0.15, -0.1) is 0 Å². The molecular weight excluding hydrogens is 326 g/mol. The van der Waals surface area contributed by atoms with Crippen LogP contribution in [0, 0.1) is 0 Å². The van der Waals surface area contributed by atoms with Gasteiger partial charge >= 0.3 is 0 Å². The van der Waals surface area contributed by atoms with Crippen LogP contribution in [0.5, 0.6) is 0 Å². The van der Waals surface area contributed by atoms with Gasteiger partial charge in [-0.1, -0.05) is 6.07 Å². The Morgan fingerprint density at radius 1 is 1.20 bits per heavy atom. The Hall–Kier alpha value is 0.0600. The van der Waals surface area contributed by atoms with E-state index in [1.54, 1.807) is 7.11 Å². The molecule has 0 spiro atoms. The number of hydrogen-bond acceptors (Lipinski definition) is 3. The lowest BCUT2D eigenvalue weighted by Crippen LogP contribution is -2.17. The van der Waals surface area contributed by atoms with E-state index in [4.69, 9.17) is 9.57 Å². The Kier molecular flexibility index (Phi) is 6.43. The van der Waals surface area contributed by atoms with E-state index in [1.165, 1.54) is 0 Å². The lowest BCUT2D eigenvalue weighted by atomic mass is 10.2. The third-order valence-electron chi connectivity index (χ3n) is 1.75. The average Bonchev–Trinajstić information content (AvgIpc) is 2.23. The fourth-order valence-electron chi connectivity index (χ4n) is 0.981. The van der Waals surface area contributed by atoms with Gasteiger partial charge in [0.25, 0.3) is 0 Å². The molecule has 1 N–H and O–H groups in total. The van der Waals surface area contributed by atoms with E-state index in [-0.39, 0.29) is 0 Å². The Labute approximate surface area is 106 Å². The number of methoxy groups -OCH3 is 1. The highest BCUT2D eigenvalue weighted by molar-refractivity contribution is 9.13. The summed E-state index contributed by atoms with van der Waals surface area (Å²) in [6.45, 7) is 1.82. The van der Waals surface area contributed by atoms with Crippen molar-refractivity contribution in [3.8, 4) is 0 Å². The van der Waals surface area contributed by atoms with Gasteiger partial charge in [-0.2, -0.15) is 5.48 Å². The van der Waals surface area contributed by atoms with Gasteiger partial charge < -0.3 is 4.74 Å². The molecule has 0 aliphatic carbocycles. The molecule has 0 saturated heterocycles. The minimum Gasteiger partial charge on any atom is -0.382 e. The summed E-state index contributed by atoms with van der Waals surface area (Å²) in [6, 6.07) is 6.06. The maximum atomic E-state index is 5.15. The molecule has 0 atom stereocenters. The van der Waals surface area contributed by atoms with E-state index in [9.17, 15) is 0 Å². The topological polar surface area (TPSA) is 30.5 Å². The summed E-state index contributed by atoms with van der Waals surface area (Å²) in [7, 11) is 1.65. The monoisotopic (exact) mass is 337 g/mol. The summed E-state index contributed by atoms with van der Waals surface area (Å²) in [5.74, 6) is 0. The zero-order valence-corrected chi connectivity index (χ0v) is 11.6. The number of rotatable bonds is 6. The number of hydrogen-bond donors (Lipinski definition) is 1. The number of nitrogens with one attached hydrogen (secondary N) is 1. The Morgan fingerprint density at radius 3 is 2.67 bits per heavy atom. The van der Waals surface area contributed by atoms with Crippen molar-refractivity contribution in [1.82, 2.24) is 5.48 Å². The highest BCUT2D eigenvalue weighted by atomic mass is 79.9. The van der Waals surface area contributed by atoms with Crippen molar-refractivity contribution in [2.24, 2.45) is 0 Å². The average molecular weight is 339 g/mol. The number of benzene rings is 1. The fraction of sp³-hybridized carbons (Fsp3) is 0.400. The second-order valence-corrected chi connectivity index (χ2v) is 4.62. The zero-order valence-electron chi connectivity index (χ0n) is 8.43. The smallest absolute Gasteiger partial charge is 0.0916 e. The molecule has 0 aliphatic rings. The van der Waals surface area contributed by atoms with Crippen LogP contribution in [0.25, 0.3) is 0 Å². The van der Waals surface area contributed by atoms with E-state index in [1.807, 2.05) is 18.2 Å². The third kappa shape index (κ3) is 5.08. The molecule has 0 aliphatic heterocycles. The Bertz CT molecular complexity index is 307. The largest absolute Gasteiger partial charge is 0.382 e. The van der Waals surface area contributed by atoms with Gasteiger partial charge in [0.1, 0.15) is 0 Å². The predicted molar refractivity (Wildman–Crippen MR) is 66.5 cm³/mol. The van der Waals surface area contributed by atoms with E-state index in [2.05, 4.69) is 37.3 Å². The first-order chi connectivity index (χ1) is 7.24. The molecule has 1 rings (SSSR count). The molecule has 0 bridgehead atoms. The van der Waals surface area contributed by atoms with Crippen LogP contribution < -0.4 is 5.48 Å². The summed E-state index contributed by atoms with van der Waals surface area (Å²) < 4.78 is 6.94. The second kappa shape index (κ2) is 7.35. The van der Waals surface area contributed by atoms with Gasteiger partial charge in [-0.05, 0) is 49.6 Å². The minimum atomic E-state index is 0.550. The van der Waals surface area contributed by atoms with Crippen LogP contribution in [0.15, 0.2) is 27.1 Å². The van der Waals surface area contributed by atoms with Gasteiger partial charge in [-0.25, -0.2) is 0 Å². The Morgan fingerprint density at radius 2 is 2.00 bits per heavy atom. The van der Waals surface area contributed by atoms with E-state index in [0.717, 1.165) is 14.5 Å². The van der Waals surface area contributed by atoms with Crippen LogP contribution in [-0.4, -0.2) is 20.3 Å². The quantitative estimate of drug-likeness (QED) is 0.639. The van der Waals surface area contributed by atoms with Crippen LogP contribution in [0.1, 0.15) is 5.56 Å². The highest BCUT2D eigenvalue weighted by Gasteiger charge is 1.98. The summed E-state index contributed by atoms with van der Waals surface area (Å²) in [6.07, 6.45) is 0. The Balaban J connectivity index is 2.28. The molecular formula is C10H13Br2NO2. The van der Waals surface area contributed by atoms with Crippen molar-refractivity contribution in [2.75, 3.05) is 20.3 Å². The van der Waals surface area contributed by atoms with E-state index in [0.29, 0.717) is 19.8 Å². The first-order valence-electron chi connectivity index (χ1n) is 4.51. The predicted octanol–water partition coefficient (Wildman–Crippen LogP) is 2.88. The van der Waals surface area contributed by atoms with Crippen molar-refractivity contribution in [2.45, 2.75) is 6.54 Å². The van der Waals surface area contributed by atoms with Crippen LogP contribution >= 0.6 is 31.9 Å². The summed E-state index contributed by atoms with van der Waals surface area (Å²) in [4.78, 5) is 5.15. The van der Waals surface area contributed by atoms with Crippen LogP contribution in [-0.2, 0) is 16.1 Å². The number of ether oxygens (including phenoxy) is 1. The first-order valence-corrected chi connectivity index (χ1v) is 6.10. The SMILES string of the molecule is COCCONCc1ccc(Br)c(Br)c1. The second-order valence-electron chi connectivity index (χ2n) is 2.91. The van der Waals surface area contributed by atoms with Gasteiger partial charge in [0.15, 0.2) is 0 Å². The maximum absolute atomic E-state index is 5.15. The normalized spacial score (nSPS) is 10.6. The van der Waals surface area contributed by atoms with Crippen molar-refractivity contribution >= 4 is 31.9 Å². The molecule has 1 aromatic rings. The molecule has 5 heteroatoms. The standard InChI is InChI=1S/C10H13Br2NO2/c1-14-4-5-15-13-7-8-2-3-9(11)10(12)6-8/h2-3,6,13H,4-5,7H2,1H3. The molecule has 0 unspecified atom stereocenters. The zero-order chi connectivity index (χ0) is 11.1. The molecule has 1 aromatic carbocycles.